The molecule has 1 amide bonds. The molecule has 0 bridgehead atoms. The lowest BCUT2D eigenvalue weighted by molar-refractivity contribution is 0.0948. The fourth-order valence-corrected chi connectivity index (χ4v) is 1.16. The third kappa shape index (κ3) is 2.90. The van der Waals surface area contributed by atoms with Crippen molar-refractivity contribution in [3.05, 3.63) is 33.7 Å². The summed E-state index contributed by atoms with van der Waals surface area (Å²) in [4.78, 5) is 26.1. The van der Waals surface area contributed by atoms with Crippen molar-refractivity contribution >= 4 is 23.1 Å². The summed E-state index contributed by atoms with van der Waals surface area (Å²) in [6.07, 6.45) is 1.37. The maximum absolute atomic E-state index is 11.6. The second-order valence-electron chi connectivity index (χ2n) is 3.49. The average Bonchev–Trinajstić information content (AvgIpc) is 2.16. The first-order valence-electron chi connectivity index (χ1n) is 4.71. The number of carbonyl (C=O) groups is 1. The first-order chi connectivity index (χ1) is 7.41. The van der Waals surface area contributed by atoms with Gasteiger partial charge in [0.15, 0.2) is 5.43 Å². The zero-order chi connectivity index (χ0) is 12.3. The summed E-state index contributed by atoms with van der Waals surface area (Å²) in [6.45, 7) is 3.39. The van der Waals surface area contributed by atoms with Crippen LogP contribution in [0.2, 0.25) is 0 Å². The highest BCUT2D eigenvalue weighted by molar-refractivity contribution is 7.80. The molecular formula is C10H13N3O2S. The molecule has 1 aromatic heterocycles. The number of amides is 1. The highest BCUT2D eigenvalue weighted by atomic mass is 32.1. The zero-order valence-corrected chi connectivity index (χ0v) is 9.85. The third-order valence-electron chi connectivity index (χ3n) is 2.08. The molecule has 1 heterocycles. The van der Waals surface area contributed by atoms with Crippen molar-refractivity contribution in [2.24, 2.45) is 5.73 Å². The summed E-state index contributed by atoms with van der Waals surface area (Å²) in [6, 6.07) is 0.920. The quantitative estimate of drug-likeness (QED) is 0.652. The van der Waals surface area contributed by atoms with Crippen molar-refractivity contribution in [3.8, 4) is 0 Å². The highest BCUT2D eigenvalue weighted by Gasteiger charge is 2.14. The van der Waals surface area contributed by atoms with Crippen molar-refractivity contribution in [2.45, 2.75) is 19.9 Å². The van der Waals surface area contributed by atoms with Crippen LogP contribution in [0.1, 0.15) is 23.0 Å². The number of hydrogen-bond donors (Lipinski definition) is 3. The lowest BCUT2D eigenvalue weighted by Crippen LogP contribution is -2.42. The molecule has 0 saturated heterocycles. The van der Waals surface area contributed by atoms with E-state index in [2.05, 4.69) is 10.3 Å². The molecular weight excluding hydrogens is 226 g/mol. The van der Waals surface area contributed by atoms with Crippen molar-refractivity contribution in [2.75, 3.05) is 0 Å². The lowest BCUT2D eigenvalue weighted by atomic mass is 10.2. The molecule has 1 unspecified atom stereocenters. The van der Waals surface area contributed by atoms with Crippen molar-refractivity contribution in [1.29, 1.82) is 0 Å². The van der Waals surface area contributed by atoms with Crippen molar-refractivity contribution < 1.29 is 4.79 Å². The number of aromatic amines is 1. The fraction of sp³-hybridized carbons (Fsp3) is 0.300. The van der Waals surface area contributed by atoms with Crippen LogP contribution in [0.3, 0.4) is 0 Å². The molecule has 1 aromatic rings. The van der Waals surface area contributed by atoms with Gasteiger partial charge in [0.1, 0.15) is 5.56 Å². The highest BCUT2D eigenvalue weighted by Crippen LogP contribution is 1.93. The number of nitrogens with two attached hydrogens (primary N) is 1. The van der Waals surface area contributed by atoms with Crippen LogP contribution >= 0.6 is 12.2 Å². The zero-order valence-electron chi connectivity index (χ0n) is 9.03. The Morgan fingerprint density at radius 3 is 2.75 bits per heavy atom. The Kier molecular flexibility index (Phi) is 3.78. The Bertz CT molecular complexity index is 481. The predicted molar refractivity (Wildman–Crippen MR) is 65.5 cm³/mol. The Hall–Kier alpha value is -1.69. The molecule has 86 valence electrons. The minimum Gasteiger partial charge on any atom is -0.392 e. The van der Waals surface area contributed by atoms with E-state index in [9.17, 15) is 9.59 Å². The molecule has 0 spiro atoms. The first kappa shape index (κ1) is 12.4. The number of hydrogen-bond acceptors (Lipinski definition) is 3. The molecule has 6 heteroatoms. The van der Waals surface area contributed by atoms with E-state index >= 15 is 0 Å². The summed E-state index contributed by atoms with van der Waals surface area (Å²) >= 11 is 4.72. The van der Waals surface area contributed by atoms with E-state index in [0.29, 0.717) is 5.69 Å². The Balaban J connectivity index is 2.89. The van der Waals surface area contributed by atoms with Gasteiger partial charge in [-0.3, -0.25) is 9.59 Å². The molecule has 0 radical (unpaired) electrons. The van der Waals surface area contributed by atoms with Crippen LogP contribution in [0.25, 0.3) is 0 Å². The van der Waals surface area contributed by atoms with Gasteiger partial charge in [0, 0.05) is 18.0 Å². The molecule has 0 aliphatic heterocycles. The second kappa shape index (κ2) is 4.89. The normalized spacial score (nSPS) is 11.9. The van der Waals surface area contributed by atoms with Gasteiger partial charge < -0.3 is 16.0 Å². The number of aryl methyl sites for hydroxylation is 1. The van der Waals surface area contributed by atoms with Gasteiger partial charge in [0.25, 0.3) is 5.91 Å². The van der Waals surface area contributed by atoms with Crippen LogP contribution < -0.4 is 16.5 Å². The SMILES string of the molecule is Cc1cc(=O)c(C(=O)NC(C)C(N)=S)c[nH]1. The summed E-state index contributed by atoms with van der Waals surface area (Å²) in [5.41, 5.74) is 5.77. The Morgan fingerprint density at radius 1 is 1.62 bits per heavy atom. The average molecular weight is 239 g/mol. The molecule has 5 nitrogen and oxygen atoms in total. The summed E-state index contributed by atoms with van der Waals surface area (Å²) in [7, 11) is 0. The van der Waals surface area contributed by atoms with Crippen LogP contribution in [0.5, 0.6) is 0 Å². The summed E-state index contributed by atoms with van der Waals surface area (Å²) in [5, 5.41) is 2.53. The molecule has 0 fully saturated rings. The van der Waals surface area contributed by atoms with E-state index in [-0.39, 0.29) is 16.0 Å². The van der Waals surface area contributed by atoms with Gasteiger partial charge in [-0.2, -0.15) is 0 Å². The Labute approximate surface area is 98.0 Å². The van der Waals surface area contributed by atoms with Crippen molar-refractivity contribution in [3.63, 3.8) is 0 Å². The van der Waals surface area contributed by atoms with E-state index in [1.165, 1.54) is 12.3 Å². The molecule has 1 rings (SSSR count). The van der Waals surface area contributed by atoms with E-state index < -0.39 is 11.9 Å². The van der Waals surface area contributed by atoms with E-state index in [4.69, 9.17) is 18.0 Å². The molecule has 0 aromatic carbocycles. The number of thiocarbonyl (C=S) groups is 1. The largest absolute Gasteiger partial charge is 0.392 e. The maximum Gasteiger partial charge on any atom is 0.257 e. The minimum absolute atomic E-state index is 0.0497. The summed E-state index contributed by atoms with van der Waals surface area (Å²) < 4.78 is 0. The van der Waals surface area contributed by atoms with Crippen LogP contribution in [-0.2, 0) is 0 Å². The molecule has 4 N–H and O–H groups in total. The van der Waals surface area contributed by atoms with Gasteiger partial charge in [0.05, 0.1) is 11.0 Å². The predicted octanol–water partition coefficient (Wildman–Crippen LogP) is 0.0877. The van der Waals surface area contributed by atoms with E-state index in [1.54, 1.807) is 13.8 Å². The topological polar surface area (TPSA) is 88.0 Å². The Morgan fingerprint density at radius 2 is 2.25 bits per heavy atom. The van der Waals surface area contributed by atoms with Crippen LogP contribution in [0.15, 0.2) is 17.1 Å². The molecule has 16 heavy (non-hydrogen) atoms. The van der Waals surface area contributed by atoms with Gasteiger partial charge >= 0.3 is 0 Å². The number of nitrogens with one attached hydrogen (secondary N) is 2. The van der Waals surface area contributed by atoms with Crippen LogP contribution in [0.4, 0.5) is 0 Å². The number of carbonyl (C=O) groups excluding carboxylic acids is 1. The summed E-state index contributed by atoms with van der Waals surface area (Å²) in [5.74, 6) is -0.485. The van der Waals surface area contributed by atoms with E-state index in [1.807, 2.05) is 0 Å². The monoisotopic (exact) mass is 239 g/mol. The molecule has 1 atom stereocenters. The number of pyridine rings is 1. The lowest BCUT2D eigenvalue weighted by Gasteiger charge is -2.11. The second-order valence-corrected chi connectivity index (χ2v) is 3.96. The number of H-pyrrole nitrogens is 1. The molecule has 0 aliphatic rings. The van der Waals surface area contributed by atoms with Gasteiger partial charge in [-0.05, 0) is 13.8 Å². The van der Waals surface area contributed by atoms with Gasteiger partial charge in [-0.1, -0.05) is 12.2 Å². The van der Waals surface area contributed by atoms with Gasteiger partial charge in [-0.25, -0.2) is 0 Å². The van der Waals surface area contributed by atoms with Crippen molar-refractivity contribution in [1.82, 2.24) is 10.3 Å². The molecule has 0 aliphatic carbocycles. The maximum atomic E-state index is 11.6. The standard InChI is InChI=1S/C10H13N3O2S/c1-5-3-8(14)7(4-12-5)10(15)13-6(2)9(11)16/h3-4,6H,1-2H3,(H2,11,16)(H,12,14)(H,13,15). The minimum atomic E-state index is -0.485. The number of aromatic nitrogens is 1. The fourth-order valence-electron chi connectivity index (χ4n) is 1.10. The van der Waals surface area contributed by atoms with Gasteiger partial charge in [0.2, 0.25) is 0 Å². The number of rotatable bonds is 3. The van der Waals surface area contributed by atoms with E-state index in [0.717, 1.165) is 0 Å². The van der Waals surface area contributed by atoms with Crippen LogP contribution in [0, 0.1) is 6.92 Å². The molecule has 0 saturated carbocycles. The smallest absolute Gasteiger partial charge is 0.257 e. The third-order valence-corrected chi connectivity index (χ3v) is 2.43. The first-order valence-corrected chi connectivity index (χ1v) is 5.12. The van der Waals surface area contributed by atoms with Crippen LogP contribution in [-0.4, -0.2) is 21.9 Å². The van der Waals surface area contributed by atoms with Gasteiger partial charge in [-0.15, -0.1) is 0 Å².